The summed E-state index contributed by atoms with van der Waals surface area (Å²) < 4.78 is 11.3. The minimum Gasteiger partial charge on any atom is -0.486 e. The molecule has 0 spiro atoms. The molecule has 5 heteroatoms. The van der Waals surface area contributed by atoms with E-state index in [-0.39, 0.29) is 11.9 Å². The second-order valence-electron chi connectivity index (χ2n) is 6.79. The molecule has 0 aromatic heterocycles. The van der Waals surface area contributed by atoms with Crippen LogP contribution in [0.15, 0.2) is 48.5 Å². The van der Waals surface area contributed by atoms with Crippen molar-refractivity contribution >= 4 is 5.91 Å². The van der Waals surface area contributed by atoms with Gasteiger partial charge in [0, 0.05) is 12.6 Å². The quantitative estimate of drug-likeness (QED) is 0.899. The molecule has 2 aromatic carbocycles. The maximum Gasteiger partial charge on any atom is 0.234 e. The molecule has 26 heavy (non-hydrogen) atoms. The molecule has 1 fully saturated rings. The van der Waals surface area contributed by atoms with E-state index in [0.29, 0.717) is 26.3 Å². The third-order valence-corrected chi connectivity index (χ3v) is 4.99. The number of amides is 1. The van der Waals surface area contributed by atoms with Gasteiger partial charge in [-0.3, -0.25) is 9.69 Å². The molecule has 2 heterocycles. The van der Waals surface area contributed by atoms with Gasteiger partial charge < -0.3 is 14.8 Å². The number of nitrogens with one attached hydrogen (secondary N) is 1. The van der Waals surface area contributed by atoms with E-state index in [9.17, 15) is 4.79 Å². The average molecular weight is 352 g/mol. The lowest BCUT2D eigenvalue weighted by atomic mass is 10.0. The molecule has 1 atom stereocenters. The molecule has 1 saturated heterocycles. The topological polar surface area (TPSA) is 50.8 Å². The van der Waals surface area contributed by atoms with Gasteiger partial charge in [-0.15, -0.1) is 0 Å². The van der Waals surface area contributed by atoms with Crippen molar-refractivity contribution in [1.29, 1.82) is 0 Å². The highest BCUT2D eigenvalue weighted by molar-refractivity contribution is 5.78. The maximum atomic E-state index is 12.4. The van der Waals surface area contributed by atoms with E-state index in [4.69, 9.17) is 9.47 Å². The van der Waals surface area contributed by atoms with E-state index < -0.39 is 0 Å². The van der Waals surface area contributed by atoms with Gasteiger partial charge in [0.25, 0.3) is 0 Å². The van der Waals surface area contributed by atoms with Gasteiger partial charge in [-0.1, -0.05) is 36.4 Å². The van der Waals surface area contributed by atoms with Crippen LogP contribution in [0.3, 0.4) is 0 Å². The summed E-state index contributed by atoms with van der Waals surface area (Å²) in [6, 6.07) is 16.4. The summed E-state index contributed by atoms with van der Waals surface area (Å²) in [5.74, 6) is 1.69. The van der Waals surface area contributed by atoms with Gasteiger partial charge in [0.05, 0.1) is 6.54 Å². The molecule has 2 aliphatic rings. The summed E-state index contributed by atoms with van der Waals surface area (Å²) in [6.07, 6.45) is 2.16. The smallest absolute Gasteiger partial charge is 0.234 e. The summed E-state index contributed by atoms with van der Waals surface area (Å²) in [6.45, 7) is 3.13. The number of hydrogen-bond acceptors (Lipinski definition) is 4. The van der Waals surface area contributed by atoms with Gasteiger partial charge in [0.1, 0.15) is 13.2 Å². The van der Waals surface area contributed by atoms with E-state index in [2.05, 4.69) is 22.3 Å². The number of likely N-dealkylation sites (tertiary alicyclic amines) is 1. The number of fused-ring (bicyclic) bond motifs is 1. The van der Waals surface area contributed by atoms with Gasteiger partial charge in [0.15, 0.2) is 11.5 Å². The van der Waals surface area contributed by atoms with Crippen molar-refractivity contribution in [3.05, 3.63) is 59.7 Å². The Balaban J connectivity index is 1.38. The highest BCUT2D eigenvalue weighted by Gasteiger charge is 2.28. The Morgan fingerprint density at radius 1 is 1.08 bits per heavy atom. The minimum atomic E-state index is 0.0679. The molecule has 2 aromatic rings. The van der Waals surface area contributed by atoms with E-state index >= 15 is 0 Å². The minimum absolute atomic E-state index is 0.0679. The Kier molecular flexibility index (Phi) is 5.07. The lowest BCUT2D eigenvalue weighted by Gasteiger charge is -2.26. The van der Waals surface area contributed by atoms with Crippen molar-refractivity contribution in [2.45, 2.75) is 25.4 Å². The zero-order valence-electron chi connectivity index (χ0n) is 14.8. The molecule has 136 valence electrons. The summed E-state index contributed by atoms with van der Waals surface area (Å²) in [5.41, 5.74) is 2.31. The van der Waals surface area contributed by atoms with E-state index in [1.807, 2.05) is 36.4 Å². The normalized spacial score (nSPS) is 19.3. The van der Waals surface area contributed by atoms with Crippen molar-refractivity contribution in [2.24, 2.45) is 0 Å². The van der Waals surface area contributed by atoms with Crippen LogP contribution in [0.4, 0.5) is 0 Å². The largest absolute Gasteiger partial charge is 0.486 e. The molecule has 1 N–H and O–H groups in total. The molecule has 0 unspecified atom stereocenters. The summed E-state index contributed by atoms with van der Waals surface area (Å²) >= 11 is 0. The maximum absolute atomic E-state index is 12.4. The van der Waals surface area contributed by atoms with E-state index in [1.165, 1.54) is 5.56 Å². The second kappa shape index (κ2) is 7.79. The Labute approximate surface area is 153 Å². The van der Waals surface area contributed by atoms with E-state index in [1.54, 1.807) is 0 Å². The lowest BCUT2D eigenvalue weighted by Crippen LogP contribution is -2.36. The van der Waals surface area contributed by atoms with Crippen LogP contribution in [0.5, 0.6) is 11.5 Å². The first-order valence-electron chi connectivity index (χ1n) is 9.24. The van der Waals surface area contributed by atoms with Crippen LogP contribution in [-0.4, -0.2) is 37.1 Å². The predicted octanol–water partition coefficient (Wildman–Crippen LogP) is 2.91. The van der Waals surface area contributed by atoms with E-state index in [0.717, 1.165) is 36.4 Å². The third kappa shape index (κ3) is 3.83. The number of ether oxygens (including phenoxy) is 2. The van der Waals surface area contributed by atoms with Crippen LogP contribution < -0.4 is 14.8 Å². The number of nitrogens with zero attached hydrogens (tertiary/aromatic N) is 1. The van der Waals surface area contributed by atoms with Crippen molar-refractivity contribution in [3.63, 3.8) is 0 Å². The summed E-state index contributed by atoms with van der Waals surface area (Å²) in [7, 11) is 0. The van der Waals surface area contributed by atoms with Gasteiger partial charge in [-0.05, 0) is 42.6 Å². The number of rotatable bonds is 5. The molecule has 0 bridgehead atoms. The average Bonchev–Trinajstić information content (AvgIpc) is 3.15. The van der Waals surface area contributed by atoms with Crippen LogP contribution in [0.25, 0.3) is 0 Å². The summed E-state index contributed by atoms with van der Waals surface area (Å²) in [4.78, 5) is 14.6. The third-order valence-electron chi connectivity index (χ3n) is 4.99. The highest BCUT2D eigenvalue weighted by atomic mass is 16.6. The molecule has 0 aliphatic carbocycles. The summed E-state index contributed by atoms with van der Waals surface area (Å²) in [5, 5.41) is 3.02. The molecule has 4 rings (SSSR count). The predicted molar refractivity (Wildman–Crippen MR) is 99.3 cm³/mol. The van der Waals surface area contributed by atoms with Crippen molar-refractivity contribution < 1.29 is 14.3 Å². The number of carbonyl (C=O) groups excluding carboxylic acids is 1. The monoisotopic (exact) mass is 352 g/mol. The van der Waals surface area contributed by atoms with Crippen LogP contribution in [0.2, 0.25) is 0 Å². The zero-order valence-corrected chi connectivity index (χ0v) is 14.8. The van der Waals surface area contributed by atoms with Crippen molar-refractivity contribution in [1.82, 2.24) is 10.2 Å². The molecule has 2 aliphatic heterocycles. The number of carbonyl (C=O) groups is 1. The number of hydrogen-bond donors (Lipinski definition) is 1. The Morgan fingerprint density at radius 3 is 2.73 bits per heavy atom. The van der Waals surface area contributed by atoms with Gasteiger partial charge >= 0.3 is 0 Å². The number of benzene rings is 2. The standard InChI is InChI=1S/C21H24N2O3/c24-21(22-14-16-5-2-1-3-6-16)15-23-10-4-7-18(23)17-8-9-19-20(13-17)26-12-11-25-19/h1-3,5-6,8-9,13,18H,4,7,10-12,14-15H2,(H,22,24)/t18-/m0/s1. The first-order valence-corrected chi connectivity index (χ1v) is 9.24. The SMILES string of the molecule is O=C(CN1CCC[C@H]1c1ccc2c(c1)OCCO2)NCc1ccccc1. The Morgan fingerprint density at radius 2 is 1.88 bits per heavy atom. The fraction of sp³-hybridized carbons (Fsp3) is 0.381. The van der Waals surface area contributed by atoms with Gasteiger partial charge in [-0.25, -0.2) is 0 Å². The molecular weight excluding hydrogens is 328 g/mol. The van der Waals surface area contributed by atoms with Crippen molar-refractivity contribution in [3.8, 4) is 11.5 Å². The molecule has 0 radical (unpaired) electrons. The van der Waals surface area contributed by atoms with Gasteiger partial charge in [0.2, 0.25) is 5.91 Å². The van der Waals surface area contributed by atoms with Crippen molar-refractivity contribution in [2.75, 3.05) is 26.3 Å². The van der Waals surface area contributed by atoms with Gasteiger partial charge in [-0.2, -0.15) is 0 Å². The molecular formula is C21H24N2O3. The molecule has 1 amide bonds. The Bertz CT molecular complexity index is 763. The second-order valence-corrected chi connectivity index (χ2v) is 6.79. The zero-order chi connectivity index (χ0) is 17.8. The Hall–Kier alpha value is -2.53. The fourth-order valence-electron chi connectivity index (χ4n) is 3.70. The van der Waals surface area contributed by atoms with Crippen LogP contribution in [0, 0.1) is 0 Å². The first-order chi connectivity index (χ1) is 12.8. The van der Waals surface area contributed by atoms with Crippen LogP contribution >= 0.6 is 0 Å². The molecule has 0 saturated carbocycles. The first kappa shape index (κ1) is 16.9. The lowest BCUT2D eigenvalue weighted by molar-refractivity contribution is -0.122. The van der Waals surface area contributed by atoms with Crippen LogP contribution in [0.1, 0.15) is 30.0 Å². The molecule has 5 nitrogen and oxygen atoms in total. The highest BCUT2D eigenvalue weighted by Crippen LogP contribution is 2.37. The van der Waals surface area contributed by atoms with Crippen LogP contribution in [-0.2, 0) is 11.3 Å². The fourth-order valence-corrected chi connectivity index (χ4v) is 3.70.